The van der Waals surface area contributed by atoms with E-state index in [1.807, 2.05) is 13.0 Å². The smallest absolute Gasteiger partial charge is 0.348 e. The average molecular weight is 384 g/mol. The fraction of sp³-hybridized carbons (Fsp3) is 0.375. The summed E-state index contributed by atoms with van der Waals surface area (Å²) in [6, 6.07) is 5.24. The van der Waals surface area contributed by atoms with Gasteiger partial charge < -0.3 is 18.9 Å². The molecule has 0 aliphatic rings. The number of methoxy groups -OCH3 is 2. The highest BCUT2D eigenvalue weighted by atomic mass is 79.9. The van der Waals surface area contributed by atoms with E-state index in [-0.39, 0.29) is 18.8 Å². The summed E-state index contributed by atoms with van der Waals surface area (Å²) in [5, 5.41) is 9.13. The predicted octanol–water partition coefficient (Wildman–Crippen LogP) is 2.95. The van der Waals surface area contributed by atoms with Gasteiger partial charge in [-0.1, -0.05) is 0 Å². The van der Waals surface area contributed by atoms with Crippen LogP contribution in [0.4, 0.5) is 0 Å². The number of rotatable bonds is 8. The first-order chi connectivity index (χ1) is 11.1. The molecule has 0 spiro atoms. The van der Waals surface area contributed by atoms with Gasteiger partial charge in [0.25, 0.3) is 0 Å². The highest BCUT2D eigenvalue weighted by Gasteiger charge is 2.14. The molecule has 0 unspecified atom stereocenters. The SMILES string of the molecule is CCOc1c(Br)cc(/C=C(/C#N)C(=O)OCCOC)cc1OC. The van der Waals surface area contributed by atoms with Crippen LogP contribution in [0.25, 0.3) is 6.08 Å². The summed E-state index contributed by atoms with van der Waals surface area (Å²) in [6.07, 6.45) is 1.43. The molecule has 1 aromatic rings. The van der Waals surface area contributed by atoms with Crippen LogP contribution < -0.4 is 9.47 Å². The molecule has 6 nitrogen and oxygen atoms in total. The van der Waals surface area contributed by atoms with Gasteiger partial charge in [0.1, 0.15) is 18.2 Å². The molecule has 0 N–H and O–H groups in total. The standard InChI is InChI=1S/C16H18BrNO5/c1-4-22-15-13(17)8-11(9-14(15)21-3)7-12(10-18)16(19)23-6-5-20-2/h7-9H,4-6H2,1-3H3/b12-7-. The molecule has 0 heterocycles. The lowest BCUT2D eigenvalue weighted by molar-refractivity contribution is -0.139. The maximum Gasteiger partial charge on any atom is 0.348 e. The minimum atomic E-state index is -0.700. The quantitative estimate of drug-likeness (QED) is 0.297. The molecule has 0 aromatic heterocycles. The van der Waals surface area contributed by atoms with Crippen molar-refractivity contribution in [2.75, 3.05) is 34.0 Å². The van der Waals surface area contributed by atoms with E-state index in [2.05, 4.69) is 15.9 Å². The van der Waals surface area contributed by atoms with E-state index < -0.39 is 5.97 Å². The van der Waals surface area contributed by atoms with Crippen molar-refractivity contribution in [3.63, 3.8) is 0 Å². The molecular weight excluding hydrogens is 366 g/mol. The van der Waals surface area contributed by atoms with Crippen LogP contribution in [0.2, 0.25) is 0 Å². The third kappa shape index (κ3) is 5.58. The number of ether oxygens (including phenoxy) is 4. The summed E-state index contributed by atoms with van der Waals surface area (Å²) < 4.78 is 21.2. The van der Waals surface area contributed by atoms with Crippen LogP contribution in [0, 0.1) is 11.3 Å². The van der Waals surface area contributed by atoms with Gasteiger partial charge in [-0.2, -0.15) is 5.26 Å². The van der Waals surface area contributed by atoms with Crippen LogP contribution in [0.5, 0.6) is 11.5 Å². The number of nitrogens with zero attached hydrogens (tertiary/aromatic N) is 1. The molecule has 0 saturated heterocycles. The van der Waals surface area contributed by atoms with Crippen molar-refractivity contribution in [2.45, 2.75) is 6.92 Å². The van der Waals surface area contributed by atoms with Crippen molar-refractivity contribution in [3.8, 4) is 17.6 Å². The predicted molar refractivity (Wildman–Crippen MR) is 88.3 cm³/mol. The molecule has 0 saturated carbocycles. The molecular formula is C16H18BrNO5. The maximum atomic E-state index is 11.8. The summed E-state index contributed by atoms with van der Waals surface area (Å²) in [4.78, 5) is 11.8. The number of esters is 1. The van der Waals surface area contributed by atoms with Crippen molar-refractivity contribution >= 4 is 28.0 Å². The second-order valence-electron chi connectivity index (χ2n) is 4.27. The van der Waals surface area contributed by atoms with Gasteiger partial charge >= 0.3 is 5.97 Å². The summed E-state index contributed by atoms with van der Waals surface area (Å²) in [7, 11) is 3.01. The van der Waals surface area contributed by atoms with E-state index in [1.54, 1.807) is 12.1 Å². The highest BCUT2D eigenvalue weighted by molar-refractivity contribution is 9.10. The van der Waals surface area contributed by atoms with Gasteiger partial charge in [-0.05, 0) is 46.6 Å². The number of carbonyl (C=O) groups is 1. The lowest BCUT2D eigenvalue weighted by atomic mass is 10.1. The van der Waals surface area contributed by atoms with Gasteiger partial charge in [0.05, 0.1) is 24.8 Å². The lowest BCUT2D eigenvalue weighted by Gasteiger charge is -2.12. The van der Waals surface area contributed by atoms with E-state index in [0.29, 0.717) is 28.1 Å². The van der Waals surface area contributed by atoms with Gasteiger partial charge in [-0.15, -0.1) is 0 Å². The van der Waals surface area contributed by atoms with Crippen molar-refractivity contribution in [3.05, 3.63) is 27.7 Å². The number of nitriles is 1. The number of hydrogen-bond donors (Lipinski definition) is 0. The van der Waals surface area contributed by atoms with Crippen molar-refractivity contribution in [2.24, 2.45) is 0 Å². The van der Waals surface area contributed by atoms with Gasteiger partial charge in [0.15, 0.2) is 11.5 Å². The summed E-state index contributed by atoms with van der Waals surface area (Å²) in [6.45, 7) is 2.71. The molecule has 7 heteroatoms. The zero-order chi connectivity index (χ0) is 17.2. The van der Waals surface area contributed by atoms with Crippen LogP contribution in [0.15, 0.2) is 22.2 Å². The van der Waals surface area contributed by atoms with Crippen LogP contribution in [0.1, 0.15) is 12.5 Å². The van der Waals surface area contributed by atoms with Crippen molar-refractivity contribution < 1.29 is 23.7 Å². The first-order valence-corrected chi connectivity index (χ1v) is 7.64. The van der Waals surface area contributed by atoms with E-state index >= 15 is 0 Å². The number of benzene rings is 1. The molecule has 1 aromatic carbocycles. The molecule has 124 valence electrons. The van der Waals surface area contributed by atoms with Crippen LogP contribution >= 0.6 is 15.9 Å². The van der Waals surface area contributed by atoms with Gasteiger partial charge in [-0.25, -0.2) is 4.79 Å². The maximum absolute atomic E-state index is 11.8. The Labute approximate surface area is 143 Å². The molecule has 0 amide bonds. The number of halogens is 1. The fourth-order valence-corrected chi connectivity index (χ4v) is 2.28. The zero-order valence-corrected chi connectivity index (χ0v) is 14.8. The Morgan fingerprint density at radius 2 is 2.09 bits per heavy atom. The summed E-state index contributed by atoms with van der Waals surface area (Å²) in [5.41, 5.74) is 0.497. The molecule has 0 aliphatic carbocycles. The van der Waals surface area contributed by atoms with E-state index in [0.717, 1.165) is 0 Å². The summed E-state index contributed by atoms with van der Waals surface area (Å²) in [5.74, 6) is 0.361. The Morgan fingerprint density at radius 3 is 2.65 bits per heavy atom. The van der Waals surface area contributed by atoms with Crippen LogP contribution in [-0.2, 0) is 14.3 Å². The third-order valence-corrected chi connectivity index (χ3v) is 3.30. The Morgan fingerprint density at radius 1 is 1.35 bits per heavy atom. The van der Waals surface area contributed by atoms with E-state index in [9.17, 15) is 4.79 Å². The molecule has 23 heavy (non-hydrogen) atoms. The highest BCUT2D eigenvalue weighted by Crippen LogP contribution is 2.37. The largest absolute Gasteiger partial charge is 0.493 e. The topological polar surface area (TPSA) is 77.8 Å². The monoisotopic (exact) mass is 383 g/mol. The van der Waals surface area contributed by atoms with E-state index in [1.165, 1.54) is 20.3 Å². The average Bonchev–Trinajstić information content (AvgIpc) is 2.54. The first kappa shape index (κ1) is 19.0. The van der Waals surface area contributed by atoms with Gasteiger partial charge in [0.2, 0.25) is 0 Å². The van der Waals surface area contributed by atoms with Gasteiger partial charge in [-0.3, -0.25) is 0 Å². The second kappa shape index (κ2) is 9.87. The number of hydrogen-bond acceptors (Lipinski definition) is 6. The van der Waals surface area contributed by atoms with E-state index in [4.69, 9.17) is 24.2 Å². The Hall–Kier alpha value is -2.04. The van der Waals surface area contributed by atoms with Crippen molar-refractivity contribution in [1.82, 2.24) is 0 Å². The third-order valence-electron chi connectivity index (χ3n) is 2.71. The fourth-order valence-electron chi connectivity index (χ4n) is 1.71. The first-order valence-electron chi connectivity index (χ1n) is 6.85. The summed E-state index contributed by atoms with van der Waals surface area (Å²) >= 11 is 3.39. The molecule has 0 atom stereocenters. The van der Waals surface area contributed by atoms with Crippen molar-refractivity contribution in [1.29, 1.82) is 5.26 Å². The Balaban J connectivity index is 3.07. The molecule has 0 bridgehead atoms. The molecule has 0 aliphatic heterocycles. The molecule has 0 radical (unpaired) electrons. The minimum absolute atomic E-state index is 0.0879. The van der Waals surface area contributed by atoms with Crippen LogP contribution in [0.3, 0.4) is 0 Å². The van der Waals surface area contributed by atoms with Gasteiger partial charge in [0, 0.05) is 7.11 Å². The molecule has 0 fully saturated rings. The second-order valence-corrected chi connectivity index (χ2v) is 5.12. The van der Waals surface area contributed by atoms with Crippen LogP contribution in [-0.4, -0.2) is 40.0 Å². The minimum Gasteiger partial charge on any atom is -0.493 e. The molecule has 1 rings (SSSR count). The Bertz CT molecular complexity index is 622. The number of carbonyl (C=O) groups excluding carboxylic acids is 1. The Kier molecular flexibility index (Phi) is 8.16. The normalized spacial score (nSPS) is 10.8. The zero-order valence-electron chi connectivity index (χ0n) is 13.2. The lowest BCUT2D eigenvalue weighted by Crippen LogP contribution is -2.11.